The predicted molar refractivity (Wildman–Crippen MR) is 77.5 cm³/mol. The highest BCUT2D eigenvalue weighted by atomic mass is 16.5. The second-order valence-corrected chi connectivity index (χ2v) is 4.54. The van der Waals surface area contributed by atoms with Crippen LogP contribution >= 0.6 is 0 Å². The third kappa shape index (κ3) is 6.67. The number of nitrogens with two attached hydrogens (primary N) is 1. The molecule has 5 heteroatoms. The molecule has 0 heterocycles. The first-order valence-electron chi connectivity index (χ1n) is 6.65. The van der Waals surface area contributed by atoms with Crippen molar-refractivity contribution >= 4 is 11.7 Å². The van der Waals surface area contributed by atoms with E-state index in [4.69, 9.17) is 10.5 Å². The lowest BCUT2D eigenvalue weighted by molar-refractivity contribution is 0.251. The Bertz CT molecular complexity index is 377. The number of ether oxygens (including phenoxy) is 1. The van der Waals surface area contributed by atoms with Crippen LogP contribution in [0, 0.1) is 0 Å². The Kier molecular flexibility index (Phi) is 6.74. The quantitative estimate of drug-likeness (QED) is 0.662. The summed E-state index contributed by atoms with van der Waals surface area (Å²) in [4.78, 5) is 11.5. The molecule has 1 aromatic carbocycles. The average molecular weight is 265 g/mol. The lowest BCUT2D eigenvalue weighted by Crippen LogP contribution is -2.37. The molecular weight excluding hydrogens is 242 g/mol. The van der Waals surface area contributed by atoms with E-state index in [0.29, 0.717) is 6.54 Å². The molecule has 0 radical (unpaired) electrons. The van der Waals surface area contributed by atoms with E-state index in [1.54, 1.807) is 0 Å². The van der Waals surface area contributed by atoms with Gasteiger partial charge in [-0.1, -0.05) is 13.3 Å². The summed E-state index contributed by atoms with van der Waals surface area (Å²) in [6, 6.07) is 7.00. The van der Waals surface area contributed by atoms with Crippen LogP contribution < -0.4 is 21.1 Å². The van der Waals surface area contributed by atoms with E-state index in [2.05, 4.69) is 17.6 Å². The smallest absolute Gasteiger partial charge is 0.319 e. The molecule has 0 saturated heterocycles. The molecule has 1 atom stereocenters. The van der Waals surface area contributed by atoms with Gasteiger partial charge in [0.15, 0.2) is 0 Å². The van der Waals surface area contributed by atoms with Crippen molar-refractivity contribution in [3.63, 3.8) is 0 Å². The Morgan fingerprint density at radius 1 is 1.37 bits per heavy atom. The first-order chi connectivity index (χ1) is 9.11. The molecule has 0 unspecified atom stereocenters. The predicted octanol–water partition coefficient (Wildman–Crippen LogP) is 2.33. The molecule has 0 spiro atoms. The molecule has 2 amide bonds. The Balaban J connectivity index is 2.37. The Morgan fingerprint density at radius 2 is 2.05 bits per heavy atom. The molecule has 1 rings (SSSR count). The number of nitrogens with one attached hydrogen (secondary N) is 2. The highest BCUT2D eigenvalue weighted by Crippen LogP contribution is 2.15. The average Bonchev–Trinajstić information content (AvgIpc) is 2.39. The summed E-state index contributed by atoms with van der Waals surface area (Å²) in [5, 5.41) is 5.41. The SMILES string of the molecule is CCCCOc1ccc(NC(=O)NC[C@H](C)N)cc1. The molecule has 19 heavy (non-hydrogen) atoms. The third-order valence-electron chi connectivity index (χ3n) is 2.46. The van der Waals surface area contributed by atoms with Gasteiger partial charge in [-0.15, -0.1) is 0 Å². The molecule has 0 aromatic heterocycles. The molecule has 0 fully saturated rings. The van der Waals surface area contributed by atoms with Gasteiger partial charge in [-0.2, -0.15) is 0 Å². The van der Waals surface area contributed by atoms with Crippen molar-refractivity contribution in [3.05, 3.63) is 24.3 Å². The van der Waals surface area contributed by atoms with Crippen molar-refractivity contribution in [3.8, 4) is 5.75 Å². The number of amides is 2. The second-order valence-electron chi connectivity index (χ2n) is 4.54. The van der Waals surface area contributed by atoms with Crippen molar-refractivity contribution in [2.24, 2.45) is 5.73 Å². The van der Waals surface area contributed by atoms with Crippen molar-refractivity contribution in [1.29, 1.82) is 0 Å². The van der Waals surface area contributed by atoms with Gasteiger partial charge in [0.2, 0.25) is 0 Å². The fourth-order valence-corrected chi connectivity index (χ4v) is 1.40. The first kappa shape index (κ1) is 15.3. The van der Waals surface area contributed by atoms with Crippen molar-refractivity contribution in [2.75, 3.05) is 18.5 Å². The van der Waals surface area contributed by atoms with Gasteiger partial charge in [0.1, 0.15) is 5.75 Å². The van der Waals surface area contributed by atoms with Crippen molar-refractivity contribution in [1.82, 2.24) is 5.32 Å². The fraction of sp³-hybridized carbons (Fsp3) is 0.500. The van der Waals surface area contributed by atoms with Crippen LogP contribution in [0.1, 0.15) is 26.7 Å². The number of benzene rings is 1. The summed E-state index contributed by atoms with van der Waals surface area (Å²) in [7, 11) is 0. The Morgan fingerprint density at radius 3 is 2.63 bits per heavy atom. The number of urea groups is 1. The van der Waals surface area contributed by atoms with E-state index in [1.165, 1.54) is 0 Å². The van der Waals surface area contributed by atoms with E-state index in [1.807, 2.05) is 31.2 Å². The highest BCUT2D eigenvalue weighted by Gasteiger charge is 2.02. The van der Waals surface area contributed by atoms with E-state index in [-0.39, 0.29) is 12.1 Å². The zero-order valence-corrected chi connectivity index (χ0v) is 11.6. The largest absolute Gasteiger partial charge is 0.494 e. The Labute approximate surface area is 114 Å². The topological polar surface area (TPSA) is 76.4 Å². The number of anilines is 1. The first-order valence-corrected chi connectivity index (χ1v) is 6.65. The standard InChI is InChI=1S/C14H23N3O2/c1-3-4-9-19-13-7-5-12(6-8-13)17-14(18)16-10-11(2)15/h5-8,11H,3-4,9-10,15H2,1-2H3,(H2,16,17,18)/t11-/m0/s1. The number of hydrogen-bond acceptors (Lipinski definition) is 3. The minimum Gasteiger partial charge on any atom is -0.494 e. The normalized spacial score (nSPS) is 11.7. The van der Waals surface area contributed by atoms with Crippen molar-refractivity contribution < 1.29 is 9.53 Å². The lowest BCUT2D eigenvalue weighted by Gasteiger charge is -2.10. The molecule has 0 saturated carbocycles. The summed E-state index contributed by atoms with van der Waals surface area (Å²) in [6.07, 6.45) is 2.15. The second kappa shape index (κ2) is 8.37. The molecule has 4 N–H and O–H groups in total. The van der Waals surface area contributed by atoms with Gasteiger partial charge in [-0.25, -0.2) is 4.79 Å². The molecular formula is C14H23N3O2. The number of carbonyl (C=O) groups is 1. The molecule has 0 bridgehead atoms. The van der Waals surface area contributed by atoms with E-state index in [9.17, 15) is 4.79 Å². The number of unbranched alkanes of at least 4 members (excludes halogenated alkanes) is 1. The maximum absolute atomic E-state index is 11.5. The maximum Gasteiger partial charge on any atom is 0.319 e. The van der Waals surface area contributed by atoms with Crippen LogP contribution in [0.15, 0.2) is 24.3 Å². The summed E-state index contributed by atoms with van der Waals surface area (Å²) < 4.78 is 5.54. The zero-order valence-electron chi connectivity index (χ0n) is 11.6. The number of carbonyl (C=O) groups excluding carboxylic acids is 1. The molecule has 1 aromatic rings. The molecule has 0 aliphatic carbocycles. The van der Waals surface area contributed by atoms with Crippen LogP contribution in [0.25, 0.3) is 0 Å². The zero-order chi connectivity index (χ0) is 14.1. The molecule has 106 valence electrons. The Hall–Kier alpha value is -1.75. The van der Waals surface area contributed by atoms with E-state index >= 15 is 0 Å². The van der Waals surface area contributed by atoms with Crippen LogP contribution in [-0.4, -0.2) is 25.2 Å². The van der Waals surface area contributed by atoms with Crippen LogP contribution in [0.4, 0.5) is 10.5 Å². The van der Waals surface area contributed by atoms with E-state index in [0.717, 1.165) is 30.9 Å². The van der Waals surface area contributed by atoms with Gasteiger partial charge in [0, 0.05) is 18.3 Å². The molecule has 0 aliphatic rings. The highest BCUT2D eigenvalue weighted by molar-refractivity contribution is 5.89. The maximum atomic E-state index is 11.5. The van der Waals surface area contributed by atoms with Crippen LogP contribution in [-0.2, 0) is 0 Å². The van der Waals surface area contributed by atoms with Gasteiger partial charge >= 0.3 is 6.03 Å². The van der Waals surface area contributed by atoms with Gasteiger partial charge in [-0.3, -0.25) is 0 Å². The summed E-state index contributed by atoms with van der Waals surface area (Å²) >= 11 is 0. The van der Waals surface area contributed by atoms with Gasteiger partial charge in [-0.05, 0) is 37.6 Å². The summed E-state index contributed by atoms with van der Waals surface area (Å²) in [5.41, 5.74) is 6.28. The van der Waals surface area contributed by atoms with Gasteiger partial charge in [0.25, 0.3) is 0 Å². The van der Waals surface area contributed by atoms with Crippen molar-refractivity contribution in [2.45, 2.75) is 32.7 Å². The minimum absolute atomic E-state index is 0.0555. The van der Waals surface area contributed by atoms with E-state index < -0.39 is 0 Å². The summed E-state index contributed by atoms with van der Waals surface area (Å²) in [6.45, 7) is 5.13. The minimum atomic E-state index is -0.253. The van der Waals surface area contributed by atoms with Gasteiger partial charge < -0.3 is 21.1 Å². The fourth-order valence-electron chi connectivity index (χ4n) is 1.40. The monoisotopic (exact) mass is 265 g/mol. The lowest BCUT2D eigenvalue weighted by atomic mass is 10.3. The number of hydrogen-bond donors (Lipinski definition) is 3. The third-order valence-corrected chi connectivity index (χ3v) is 2.46. The van der Waals surface area contributed by atoms with Gasteiger partial charge in [0.05, 0.1) is 6.61 Å². The number of rotatable bonds is 7. The summed E-state index contributed by atoms with van der Waals surface area (Å²) in [5.74, 6) is 0.815. The van der Waals surface area contributed by atoms with Crippen LogP contribution in [0.3, 0.4) is 0 Å². The molecule has 5 nitrogen and oxygen atoms in total. The van der Waals surface area contributed by atoms with Crippen LogP contribution in [0.5, 0.6) is 5.75 Å². The van der Waals surface area contributed by atoms with Crippen LogP contribution in [0.2, 0.25) is 0 Å². The molecule has 0 aliphatic heterocycles.